The van der Waals surface area contributed by atoms with Crippen molar-refractivity contribution in [3.05, 3.63) is 62.5 Å². The van der Waals surface area contributed by atoms with Crippen molar-refractivity contribution in [3.8, 4) is 0 Å². The Balaban J connectivity index is 1.78. The molecule has 2 N–H and O–H groups in total. The zero-order valence-corrected chi connectivity index (χ0v) is 16.3. The third kappa shape index (κ3) is 4.00. The van der Waals surface area contributed by atoms with E-state index in [1.165, 1.54) is 22.3 Å². The molecule has 1 fully saturated rings. The number of nitrogens with zero attached hydrogens (tertiary/aromatic N) is 3. The smallest absolute Gasteiger partial charge is 0.335 e. The molecule has 152 valence electrons. The number of hydrogen-bond acceptors (Lipinski definition) is 6. The summed E-state index contributed by atoms with van der Waals surface area (Å²) in [7, 11) is 0. The number of hydrogen-bond donors (Lipinski definition) is 2. The molecule has 1 aromatic heterocycles. The first kappa shape index (κ1) is 19.9. The van der Waals surface area contributed by atoms with E-state index >= 15 is 0 Å². The van der Waals surface area contributed by atoms with E-state index in [0.29, 0.717) is 16.4 Å². The zero-order chi connectivity index (χ0) is 20.8. The van der Waals surface area contributed by atoms with Crippen molar-refractivity contribution in [3.63, 3.8) is 0 Å². The molecule has 6 nitrogen and oxygen atoms in total. The number of thiazole rings is 1. The van der Waals surface area contributed by atoms with E-state index in [-0.39, 0.29) is 22.8 Å². The molecule has 2 aliphatic heterocycles. The highest BCUT2D eigenvalue weighted by atomic mass is 35.5. The number of aromatic nitrogens is 1. The van der Waals surface area contributed by atoms with E-state index in [2.05, 4.69) is 15.3 Å². The third-order valence-corrected chi connectivity index (χ3v) is 5.65. The van der Waals surface area contributed by atoms with Crippen molar-refractivity contribution in [1.29, 1.82) is 0 Å². The Morgan fingerprint density at radius 3 is 2.76 bits per heavy atom. The van der Waals surface area contributed by atoms with E-state index in [1.807, 2.05) is 0 Å². The molecular formula is C18H14ClF3N4O2S. The van der Waals surface area contributed by atoms with Crippen LogP contribution in [0.25, 0.3) is 0 Å². The van der Waals surface area contributed by atoms with Crippen LogP contribution >= 0.6 is 22.9 Å². The molecule has 1 saturated heterocycles. The maximum atomic E-state index is 13.5. The number of halogens is 4. The molecule has 0 aliphatic carbocycles. The summed E-state index contributed by atoms with van der Waals surface area (Å²) in [6.45, 7) is -0.954. The van der Waals surface area contributed by atoms with Gasteiger partial charge in [0.05, 0.1) is 18.7 Å². The number of carboxylic acids is 1. The number of aliphatic imine (C=N–C) groups is 1. The van der Waals surface area contributed by atoms with Crippen LogP contribution in [0.5, 0.6) is 0 Å². The minimum Gasteiger partial charge on any atom is -0.478 e. The van der Waals surface area contributed by atoms with Gasteiger partial charge in [0.2, 0.25) is 0 Å². The molecule has 0 radical (unpaired) electrons. The van der Waals surface area contributed by atoms with Gasteiger partial charge in [0, 0.05) is 34.4 Å². The third-order valence-electron chi connectivity index (χ3n) is 4.54. The lowest BCUT2D eigenvalue weighted by molar-refractivity contribution is -0.133. The summed E-state index contributed by atoms with van der Waals surface area (Å²) in [5.41, 5.74) is 0.389. The van der Waals surface area contributed by atoms with Crippen LogP contribution in [0.2, 0.25) is 5.02 Å². The van der Waals surface area contributed by atoms with Crippen LogP contribution in [0, 0.1) is 5.82 Å². The molecule has 4 rings (SSSR count). The maximum absolute atomic E-state index is 13.5. The highest BCUT2D eigenvalue weighted by Gasteiger charge is 2.45. The number of carboxylic acid groups (broad SMARTS) is 1. The molecule has 0 saturated carbocycles. The van der Waals surface area contributed by atoms with Gasteiger partial charge in [-0.05, 0) is 12.1 Å². The Bertz CT molecular complexity index is 1020. The van der Waals surface area contributed by atoms with Crippen LogP contribution in [0.4, 0.5) is 13.2 Å². The number of benzene rings is 1. The average molecular weight is 443 g/mol. The van der Waals surface area contributed by atoms with Gasteiger partial charge in [0.25, 0.3) is 5.92 Å². The van der Waals surface area contributed by atoms with Crippen LogP contribution in [0.15, 0.2) is 46.0 Å². The van der Waals surface area contributed by atoms with Crippen molar-refractivity contribution in [2.75, 3.05) is 19.6 Å². The van der Waals surface area contributed by atoms with Gasteiger partial charge in [-0.15, -0.1) is 11.3 Å². The fourth-order valence-corrected chi connectivity index (χ4v) is 4.17. The molecule has 2 aliphatic rings. The number of amidine groups is 1. The molecule has 3 heterocycles. The molecule has 1 atom stereocenters. The summed E-state index contributed by atoms with van der Waals surface area (Å²) in [4.78, 5) is 22.1. The predicted octanol–water partition coefficient (Wildman–Crippen LogP) is 3.32. The van der Waals surface area contributed by atoms with Crippen molar-refractivity contribution < 1.29 is 23.1 Å². The second-order valence-corrected chi connectivity index (χ2v) is 8.01. The maximum Gasteiger partial charge on any atom is 0.335 e. The van der Waals surface area contributed by atoms with E-state index in [1.54, 1.807) is 11.6 Å². The molecule has 1 aromatic carbocycles. The molecule has 11 heteroatoms. The quantitative estimate of drug-likeness (QED) is 0.742. The fraction of sp³-hybridized carbons (Fsp3) is 0.278. The van der Waals surface area contributed by atoms with Gasteiger partial charge in [-0.2, -0.15) is 0 Å². The van der Waals surface area contributed by atoms with Gasteiger partial charge < -0.3 is 10.4 Å². The first-order valence-electron chi connectivity index (χ1n) is 8.50. The van der Waals surface area contributed by atoms with Gasteiger partial charge in [-0.3, -0.25) is 9.89 Å². The first-order valence-corrected chi connectivity index (χ1v) is 9.75. The topological polar surface area (TPSA) is 77.8 Å². The molecule has 0 bridgehead atoms. The minimum atomic E-state index is -2.79. The molecule has 1 unspecified atom stereocenters. The van der Waals surface area contributed by atoms with E-state index < -0.39 is 36.8 Å². The van der Waals surface area contributed by atoms with Crippen molar-refractivity contribution in [1.82, 2.24) is 15.2 Å². The Labute approximate surface area is 172 Å². The second-order valence-electron chi connectivity index (χ2n) is 6.71. The Hall–Kier alpha value is -2.43. The van der Waals surface area contributed by atoms with Gasteiger partial charge in [0.1, 0.15) is 11.9 Å². The highest BCUT2D eigenvalue weighted by molar-refractivity contribution is 7.11. The molecule has 2 aromatic rings. The Morgan fingerprint density at radius 1 is 1.41 bits per heavy atom. The predicted molar refractivity (Wildman–Crippen MR) is 102 cm³/mol. The minimum absolute atomic E-state index is 0.0210. The van der Waals surface area contributed by atoms with Gasteiger partial charge >= 0.3 is 5.97 Å². The molecule has 0 amide bonds. The molecular weight excluding hydrogens is 429 g/mol. The lowest BCUT2D eigenvalue weighted by atomic mass is 9.94. The normalized spacial score (nSPS) is 21.4. The SMILES string of the molecule is O=C(O)C1=C(CN2CC(F)(F)C2)NC(c2nccs2)=NC1c1ccc(F)cc1Cl. The molecule has 0 spiro atoms. The number of alkyl halides is 2. The van der Waals surface area contributed by atoms with Gasteiger partial charge in [0.15, 0.2) is 10.8 Å². The lowest BCUT2D eigenvalue weighted by Crippen LogP contribution is -2.57. The second kappa shape index (κ2) is 7.43. The number of aliphatic carboxylic acids is 1. The van der Waals surface area contributed by atoms with Gasteiger partial charge in [-0.25, -0.2) is 22.9 Å². The fourth-order valence-electron chi connectivity index (χ4n) is 3.31. The summed E-state index contributed by atoms with van der Waals surface area (Å²) in [5, 5.41) is 15.0. The first-order chi connectivity index (χ1) is 13.7. The monoisotopic (exact) mass is 442 g/mol. The standard InChI is InChI=1S/C18H14ClF3N4O2S/c19-11-5-9(20)1-2-10(11)14-13(17(27)28)12(6-26-7-18(21,22)8-26)24-15(25-14)16-23-3-4-29-16/h1-5,14H,6-8H2,(H,24,25)(H,27,28). The number of nitrogens with one attached hydrogen (secondary N) is 1. The summed E-state index contributed by atoms with van der Waals surface area (Å²) in [6.07, 6.45) is 1.57. The van der Waals surface area contributed by atoms with Crippen LogP contribution in [0.3, 0.4) is 0 Å². The highest BCUT2D eigenvalue weighted by Crippen LogP contribution is 2.37. The summed E-state index contributed by atoms with van der Waals surface area (Å²) in [6, 6.07) is 2.57. The number of rotatable bonds is 5. The number of carbonyl (C=O) groups is 1. The van der Waals surface area contributed by atoms with Crippen LogP contribution in [-0.2, 0) is 4.79 Å². The van der Waals surface area contributed by atoms with Crippen LogP contribution < -0.4 is 5.32 Å². The average Bonchev–Trinajstić information content (AvgIpc) is 3.14. The largest absolute Gasteiger partial charge is 0.478 e. The van der Waals surface area contributed by atoms with Gasteiger partial charge in [-0.1, -0.05) is 17.7 Å². The summed E-state index contributed by atoms with van der Waals surface area (Å²) < 4.78 is 40.0. The molecule has 29 heavy (non-hydrogen) atoms. The Morgan fingerprint density at radius 2 is 2.17 bits per heavy atom. The summed E-state index contributed by atoms with van der Waals surface area (Å²) >= 11 is 7.45. The Kier molecular flexibility index (Phi) is 5.09. The lowest BCUT2D eigenvalue weighted by Gasteiger charge is -2.40. The van der Waals surface area contributed by atoms with Crippen LogP contribution in [0.1, 0.15) is 16.6 Å². The van der Waals surface area contributed by atoms with E-state index in [0.717, 1.165) is 12.1 Å². The van der Waals surface area contributed by atoms with Crippen LogP contribution in [-0.4, -0.2) is 52.4 Å². The zero-order valence-electron chi connectivity index (χ0n) is 14.7. The summed E-state index contributed by atoms with van der Waals surface area (Å²) in [5.74, 6) is -4.32. The number of likely N-dealkylation sites (tertiary alicyclic amines) is 1. The van der Waals surface area contributed by atoms with Crippen molar-refractivity contribution in [2.24, 2.45) is 4.99 Å². The van der Waals surface area contributed by atoms with Crippen molar-refractivity contribution >= 4 is 34.7 Å². The van der Waals surface area contributed by atoms with E-state index in [4.69, 9.17) is 11.6 Å². The van der Waals surface area contributed by atoms with Crippen molar-refractivity contribution in [2.45, 2.75) is 12.0 Å². The van der Waals surface area contributed by atoms with E-state index in [9.17, 15) is 23.1 Å².